The van der Waals surface area contributed by atoms with Crippen LogP contribution in [-0.2, 0) is 4.79 Å². The van der Waals surface area contributed by atoms with E-state index in [0.717, 1.165) is 6.42 Å². The Labute approximate surface area is 140 Å². The van der Waals surface area contributed by atoms with Gasteiger partial charge in [-0.3, -0.25) is 15.6 Å². The average Bonchev–Trinajstić information content (AvgIpc) is 2.79. The molecule has 0 saturated carbocycles. The molecular formula is C15H20Cl2N4O. The summed E-state index contributed by atoms with van der Waals surface area (Å²) in [6, 6.07) is 5.91. The number of hydrazone groups is 1. The third-order valence-corrected chi connectivity index (χ3v) is 4.57. The molecule has 2 rings (SSSR count). The van der Waals surface area contributed by atoms with Gasteiger partial charge in [0.2, 0.25) is 5.91 Å². The molecule has 3 N–H and O–H groups in total. The quantitative estimate of drug-likeness (QED) is 0.569. The molecule has 0 aromatic heterocycles. The monoisotopic (exact) mass is 342 g/mol. The predicted octanol–water partition coefficient (Wildman–Crippen LogP) is 2.72. The molecule has 7 heteroatoms. The van der Waals surface area contributed by atoms with Crippen molar-refractivity contribution in [1.29, 1.82) is 0 Å². The maximum absolute atomic E-state index is 11.8. The van der Waals surface area contributed by atoms with Gasteiger partial charge in [0.1, 0.15) is 0 Å². The zero-order valence-corrected chi connectivity index (χ0v) is 14.1. The maximum atomic E-state index is 11.8. The van der Waals surface area contributed by atoms with Crippen molar-refractivity contribution >= 4 is 35.3 Å². The molecule has 1 heterocycles. The number of hydrogen-bond acceptors (Lipinski definition) is 4. The van der Waals surface area contributed by atoms with E-state index in [1.54, 1.807) is 18.2 Å². The number of rotatable bonds is 5. The van der Waals surface area contributed by atoms with Crippen molar-refractivity contribution < 1.29 is 4.79 Å². The van der Waals surface area contributed by atoms with Crippen molar-refractivity contribution in [3.8, 4) is 0 Å². The summed E-state index contributed by atoms with van der Waals surface area (Å²) in [7, 11) is 0. The highest BCUT2D eigenvalue weighted by molar-refractivity contribution is 6.38. The molecule has 1 aromatic rings. The predicted molar refractivity (Wildman–Crippen MR) is 90.1 cm³/mol. The van der Waals surface area contributed by atoms with Gasteiger partial charge in [0.05, 0.1) is 16.3 Å². The minimum absolute atomic E-state index is 0.120. The molecule has 0 aliphatic carbocycles. The number of carbonyl (C=O) groups is 1. The molecule has 120 valence electrons. The number of hydrazine groups is 1. The van der Waals surface area contributed by atoms with Gasteiger partial charge in [-0.15, -0.1) is 0 Å². The molecule has 1 amide bonds. The first-order valence-corrected chi connectivity index (χ1v) is 8.01. The number of benzene rings is 1. The van der Waals surface area contributed by atoms with E-state index in [2.05, 4.69) is 35.2 Å². The Hall–Kier alpha value is -1.14. The van der Waals surface area contributed by atoms with E-state index < -0.39 is 0 Å². The van der Waals surface area contributed by atoms with Gasteiger partial charge in [0, 0.05) is 24.1 Å². The standard InChI is InChI=1S/C15H20Cl2N4O/c1-9-11(10(2)20-19-9)6-7-15(22)21-18-8-12-13(16)4-3-5-14(12)17/h3-5,8-11,19-20H,6-7H2,1-2H3,(H,21,22)/b18-8+. The van der Waals surface area contributed by atoms with Gasteiger partial charge in [0.15, 0.2) is 0 Å². The van der Waals surface area contributed by atoms with Crippen LogP contribution in [0.1, 0.15) is 32.3 Å². The smallest absolute Gasteiger partial charge is 0.240 e. The Bertz CT molecular complexity index is 534. The Balaban J connectivity index is 1.82. The normalized spacial score (nSPS) is 24.8. The molecule has 22 heavy (non-hydrogen) atoms. The summed E-state index contributed by atoms with van der Waals surface area (Å²) < 4.78 is 0. The SMILES string of the molecule is CC1NNC(C)C1CCC(=O)N/N=C/c1c(Cl)cccc1Cl. The first-order valence-electron chi connectivity index (χ1n) is 7.26. The fraction of sp³-hybridized carbons (Fsp3) is 0.467. The Morgan fingerprint density at radius 2 is 1.86 bits per heavy atom. The highest BCUT2D eigenvalue weighted by atomic mass is 35.5. The van der Waals surface area contributed by atoms with Crippen LogP contribution < -0.4 is 16.3 Å². The lowest BCUT2D eigenvalue weighted by Gasteiger charge is -2.16. The second kappa shape index (κ2) is 7.92. The van der Waals surface area contributed by atoms with E-state index in [1.807, 2.05) is 0 Å². The first kappa shape index (κ1) is 17.2. The maximum Gasteiger partial charge on any atom is 0.240 e. The lowest BCUT2D eigenvalue weighted by atomic mass is 9.91. The third-order valence-electron chi connectivity index (χ3n) is 3.91. The van der Waals surface area contributed by atoms with Crippen LogP contribution in [0, 0.1) is 5.92 Å². The van der Waals surface area contributed by atoms with Crippen LogP contribution in [0.3, 0.4) is 0 Å². The molecule has 0 spiro atoms. The number of nitrogens with one attached hydrogen (secondary N) is 3. The van der Waals surface area contributed by atoms with E-state index in [-0.39, 0.29) is 5.91 Å². The molecule has 1 fully saturated rings. The largest absolute Gasteiger partial charge is 0.273 e. The Morgan fingerprint density at radius 1 is 1.27 bits per heavy atom. The summed E-state index contributed by atoms with van der Waals surface area (Å²) in [4.78, 5) is 11.8. The van der Waals surface area contributed by atoms with Crippen molar-refractivity contribution in [1.82, 2.24) is 16.3 Å². The highest BCUT2D eigenvalue weighted by Gasteiger charge is 2.29. The lowest BCUT2D eigenvalue weighted by Crippen LogP contribution is -2.30. The van der Waals surface area contributed by atoms with Gasteiger partial charge in [-0.1, -0.05) is 29.3 Å². The molecular weight excluding hydrogens is 323 g/mol. The van der Waals surface area contributed by atoms with Gasteiger partial charge in [-0.25, -0.2) is 5.43 Å². The lowest BCUT2D eigenvalue weighted by molar-refractivity contribution is -0.121. The number of carbonyl (C=O) groups excluding carboxylic acids is 1. The molecule has 5 nitrogen and oxygen atoms in total. The van der Waals surface area contributed by atoms with Gasteiger partial charge in [0.25, 0.3) is 0 Å². The molecule has 2 atom stereocenters. The van der Waals surface area contributed by atoms with Crippen LogP contribution in [-0.4, -0.2) is 24.2 Å². The highest BCUT2D eigenvalue weighted by Crippen LogP contribution is 2.22. The van der Waals surface area contributed by atoms with E-state index in [1.165, 1.54) is 6.21 Å². The zero-order valence-electron chi connectivity index (χ0n) is 12.6. The summed E-state index contributed by atoms with van der Waals surface area (Å²) in [5.41, 5.74) is 9.47. The fourth-order valence-corrected chi connectivity index (χ4v) is 3.06. The average molecular weight is 343 g/mol. The van der Waals surface area contributed by atoms with Crippen molar-refractivity contribution in [2.24, 2.45) is 11.0 Å². The fourth-order valence-electron chi connectivity index (χ4n) is 2.57. The van der Waals surface area contributed by atoms with Crippen LogP contribution in [0.2, 0.25) is 10.0 Å². The van der Waals surface area contributed by atoms with Gasteiger partial charge in [-0.2, -0.15) is 5.10 Å². The topological polar surface area (TPSA) is 65.5 Å². The van der Waals surface area contributed by atoms with Gasteiger partial charge < -0.3 is 0 Å². The van der Waals surface area contributed by atoms with Crippen molar-refractivity contribution in [2.75, 3.05) is 0 Å². The molecule has 0 bridgehead atoms. The van der Waals surface area contributed by atoms with Gasteiger partial charge in [-0.05, 0) is 38.3 Å². The summed E-state index contributed by atoms with van der Waals surface area (Å²) >= 11 is 12.0. The van der Waals surface area contributed by atoms with E-state index in [4.69, 9.17) is 23.2 Å². The van der Waals surface area contributed by atoms with Crippen LogP contribution >= 0.6 is 23.2 Å². The number of hydrogen-bond donors (Lipinski definition) is 3. The van der Waals surface area contributed by atoms with E-state index in [0.29, 0.717) is 40.0 Å². The zero-order chi connectivity index (χ0) is 16.1. The summed E-state index contributed by atoms with van der Waals surface area (Å²) in [6.07, 6.45) is 2.69. The van der Waals surface area contributed by atoms with Crippen LogP contribution in [0.5, 0.6) is 0 Å². The van der Waals surface area contributed by atoms with Crippen molar-refractivity contribution in [3.05, 3.63) is 33.8 Å². The minimum Gasteiger partial charge on any atom is -0.273 e. The molecule has 1 aliphatic rings. The number of amides is 1. The molecule has 0 radical (unpaired) electrons. The number of halogens is 2. The molecule has 2 unspecified atom stereocenters. The van der Waals surface area contributed by atoms with Crippen LogP contribution in [0.25, 0.3) is 0 Å². The second-order valence-corrected chi connectivity index (χ2v) is 6.31. The van der Waals surface area contributed by atoms with Crippen LogP contribution in [0.15, 0.2) is 23.3 Å². The molecule has 1 aromatic carbocycles. The summed E-state index contributed by atoms with van der Waals surface area (Å²) in [6.45, 7) is 4.22. The molecule has 1 saturated heterocycles. The minimum atomic E-state index is -0.120. The second-order valence-electron chi connectivity index (χ2n) is 5.50. The molecule has 1 aliphatic heterocycles. The third kappa shape index (κ3) is 4.43. The summed E-state index contributed by atoms with van der Waals surface area (Å²) in [5, 5.41) is 4.91. The van der Waals surface area contributed by atoms with E-state index >= 15 is 0 Å². The Morgan fingerprint density at radius 3 is 2.45 bits per heavy atom. The van der Waals surface area contributed by atoms with Crippen molar-refractivity contribution in [3.63, 3.8) is 0 Å². The summed E-state index contributed by atoms with van der Waals surface area (Å²) in [5.74, 6) is 0.304. The first-order chi connectivity index (χ1) is 10.5. The van der Waals surface area contributed by atoms with Gasteiger partial charge >= 0.3 is 0 Å². The van der Waals surface area contributed by atoms with E-state index in [9.17, 15) is 4.79 Å². The number of nitrogens with zero attached hydrogens (tertiary/aromatic N) is 1. The van der Waals surface area contributed by atoms with Crippen LogP contribution in [0.4, 0.5) is 0 Å². The Kier molecular flexibility index (Phi) is 6.20. The van der Waals surface area contributed by atoms with Crippen molar-refractivity contribution in [2.45, 2.75) is 38.8 Å².